The summed E-state index contributed by atoms with van der Waals surface area (Å²) in [7, 11) is 0. The molecule has 1 aliphatic heterocycles. The van der Waals surface area contributed by atoms with E-state index in [2.05, 4.69) is 0 Å². The standard InChI is InChI=1S/C16H22O3/c1-11(2)16(3)14(17)13(19-15(16)18)10-9-12-7-5-4-6-8-12/h4-8,11,13-14,17H,9-10H2,1-3H3/t13-,14+,16+/m1/s1. The molecule has 1 aromatic carbocycles. The fourth-order valence-corrected chi connectivity index (χ4v) is 2.58. The predicted molar refractivity (Wildman–Crippen MR) is 73.6 cm³/mol. The minimum atomic E-state index is -0.776. The number of esters is 1. The summed E-state index contributed by atoms with van der Waals surface area (Å²) < 4.78 is 5.38. The molecule has 104 valence electrons. The Kier molecular flexibility index (Phi) is 3.95. The molecule has 0 bridgehead atoms. The Balaban J connectivity index is 2.02. The largest absolute Gasteiger partial charge is 0.459 e. The zero-order valence-electron chi connectivity index (χ0n) is 11.8. The third kappa shape index (κ3) is 2.52. The van der Waals surface area contributed by atoms with Crippen LogP contribution in [0.15, 0.2) is 30.3 Å². The van der Waals surface area contributed by atoms with Crippen LogP contribution in [0, 0.1) is 11.3 Å². The van der Waals surface area contributed by atoms with Gasteiger partial charge in [0.05, 0.1) is 5.41 Å². The van der Waals surface area contributed by atoms with Crippen molar-refractivity contribution < 1.29 is 14.6 Å². The third-order valence-corrected chi connectivity index (χ3v) is 4.42. The summed E-state index contributed by atoms with van der Waals surface area (Å²) >= 11 is 0. The van der Waals surface area contributed by atoms with Crippen LogP contribution in [0.4, 0.5) is 0 Å². The highest BCUT2D eigenvalue weighted by atomic mass is 16.6. The number of rotatable bonds is 4. The van der Waals surface area contributed by atoms with Gasteiger partial charge in [0.15, 0.2) is 0 Å². The van der Waals surface area contributed by atoms with Crippen molar-refractivity contribution in [1.29, 1.82) is 0 Å². The maximum absolute atomic E-state index is 12.0. The summed E-state index contributed by atoms with van der Waals surface area (Å²) in [5.74, 6) is -0.204. The first-order valence-electron chi connectivity index (χ1n) is 6.89. The van der Waals surface area contributed by atoms with Gasteiger partial charge in [-0.3, -0.25) is 4.79 Å². The highest BCUT2D eigenvalue weighted by Gasteiger charge is 2.54. The lowest BCUT2D eigenvalue weighted by atomic mass is 9.74. The van der Waals surface area contributed by atoms with Crippen LogP contribution in [0.5, 0.6) is 0 Å². The van der Waals surface area contributed by atoms with E-state index < -0.39 is 11.5 Å². The SMILES string of the molecule is CC(C)[C@]1(C)C(=O)O[C@H](CCc2ccccc2)[C@@H]1O. The number of hydrogen-bond donors (Lipinski definition) is 1. The molecule has 1 N–H and O–H groups in total. The smallest absolute Gasteiger partial charge is 0.315 e. The van der Waals surface area contributed by atoms with Crippen molar-refractivity contribution in [3.05, 3.63) is 35.9 Å². The number of aliphatic hydroxyl groups is 1. The summed E-state index contributed by atoms with van der Waals surface area (Å²) in [6, 6.07) is 10.1. The van der Waals surface area contributed by atoms with E-state index in [9.17, 15) is 9.90 Å². The van der Waals surface area contributed by atoms with Crippen molar-refractivity contribution in [1.82, 2.24) is 0 Å². The van der Waals surface area contributed by atoms with Crippen LogP contribution in [-0.4, -0.2) is 23.3 Å². The molecule has 3 heteroatoms. The van der Waals surface area contributed by atoms with Crippen LogP contribution in [-0.2, 0) is 16.0 Å². The van der Waals surface area contributed by atoms with E-state index >= 15 is 0 Å². The monoisotopic (exact) mass is 262 g/mol. The molecule has 1 saturated heterocycles. The fourth-order valence-electron chi connectivity index (χ4n) is 2.58. The molecule has 0 spiro atoms. The Morgan fingerprint density at radius 1 is 1.32 bits per heavy atom. The molecule has 0 aromatic heterocycles. The maximum atomic E-state index is 12.0. The number of aryl methyl sites for hydroxylation is 1. The molecule has 0 saturated carbocycles. The number of benzene rings is 1. The van der Waals surface area contributed by atoms with Gasteiger partial charge in [0, 0.05) is 0 Å². The Hall–Kier alpha value is -1.35. The van der Waals surface area contributed by atoms with Crippen molar-refractivity contribution in [2.24, 2.45) is 11.3 Å². The van der Waals surface area contributed by atoms with E-state index in [0.29, 0.717) is 6.42 Å². The molecular formula is C16H22O3. The summed E-state index contributed by atoms with van der Waals surface area (Å²) in [5.41, 5.74) is 0.422. The summed E-state index contributed by atoms with van der Waals surface area (Å²) in [6.45, 7) is 5.70. The Labute approximate surface area is 114 Å². The molecule has 3 nitrogen and oxygen atoms in total. The molecule has 19 heavy (non-hydrogen) atoms. The summed E-state index contributed by atoms with van der Waals surface area (Å²) in [4.78, 5) is 12.0. The minimum Gasteiger partial charge on any atom is -0.459 e. The number of hydrogen-bond acceptors (Lipinski definition) is 3. The third-order valence-electron chi connectivity index (χ3n) is 4.42. The van der Waals surface area contributed by atoms with Gasteiger partial charge in [0.1, 0.15) is 12.2 Å². The van der Waals surface area contributed by atoms with Crippen LogP contribution in [0.3, 0.4) is 0 Å². The zero-order valence-corrected chi connectivity index (χ0v) is 11.8. The van der Waals surface area contributed by atoms with Gasteiger partial charge < -0.3 is 9.84 Å². The van der Waals surface area contributed by atoms with Crippen LogP contribution in [0.25, 0.3) is 0 Å². The molecule has 1 aliphatic rings. The molecule has 1 aromatic rings. The van der Waals surface area contributed by atoms with E-state index in [0.717, 1.165) is 6.42 Å². The second kappa shape index (κ2) is 5.33. The fraction of sp³-hybridized carbons (Fsp3) is 0.562. The number of carbonyl (C=O) groups excluding carboxylic acids is 1. The molecule has 0 amide bonds. The topological polar surface area (TPSA) is 46.5 Å². The summed E-state index contributed by atoms with van der Waals surface area (Å²) in [6.07, 6.45) is 0.368. The van der Waals surface area contributed by atoms with Gasteiger partial charge in [-0.05, 0) is 31.2 Å². The molecule has 2 rings (SSSR count). The lowest BCUT2D eigenvalue weighted by molar-refractivity contribution is -0.150. The number of cyclic esters (lactones) is 1. The normalized spacial score (nSPS) is 30.7. The lowest BCUT2D eigenvalue weighted by Gasteiger charge is -2.28. The van der Waals surface area contributed by atoms with Gasteiger partial charge in [-0.2, -0.15) is 0 Å². The van der Waals surface area contributed by atoms with Gasteiger partial charge in [-0.15, -0.1) is 0 Å². The quantitative estimate of drug-likeness (QED) is 0.848. The second-order valence-corrected chi connectivity index (χ2v) is 5.85. The van der Waals surface area contributed by atoms with E-state index in [4.69, 9.17) is 4.74 Å². The van der Waals surface area contributed by atoms with Crippen molar-refractivity contribution in [3.8, 4) is 0 Å². The average molecular weight is 262 g/mol. The van der Waals surface area contributed by atoms with E-state index in [1.54, 1.807) is 6.92 Å². The van der Waals surface area contributed by atoms with E-state index in [1.165, 1.54) is 5.56 Å². The second-order valence-electron chi connectivity index (χ2n) is 5.85. The molecule has 0 unspecified atom stereocenters. The van der Waals surface area contributed by atoms with Crippen LogP contribution in [0.1, 0.15) is 32.8 Å². The average Bonchev–Trinajstić information content (AvgIpc) is 2.63. The Bertz CT molecular complexity index is 441. The minimum absolute atomic E-state index is 0.0664. The van der Waals surface area contributed by atoms with E-state index in [-0.39, 0.29) is 18.0 Å². The first-order chi connectivity index (χ1) is 8.96. The van der Waals surface area contributed by atoms with Crippen LogP contribution >= 0.6 is 0 Å². The van der Waals surface area contributed by atoms with Gasteiger partial charge >= 0.3 is 5.97 Å². The molecular weight excluding hydrogens is 240 g/mol. The highest BCUT2D eigenvalue weighted by Crippen LogP contribution is 2.41. The summed E-state index contributed by atoms with van der Waals surface area (Å²) in [5, 5.41) is 10.4. The molecule has 0 radical (unpaired) electrons. The molecule has 0 aliphatic carbocycles. The highest BCUT2D eigenvalue weighted by molar-refractivity contribution is 5.80. The number of carbonyl (C=O) groups is 1. The van der Waals surface area contributed by atoms with Crippen LogP contribution < -0.4 is 0 Å². The van der Waals surface area contributed by atoms with Gasteiger partial charge in [0.2, 0.25) is 0 Å². The zero-order chi connectivity index (χ0) is 14.0. The molecule has 1 fully saturated rings. The number of ether oxygens (including phenoxy) is 1. The van der Waals surface area contributed by atoms with Crippen LogP contribution in [0.2, 0.25) is 0 Å². The van der Waals surface area contributed by atoms with E-state index in [1.807, 2.05) is 44.2 Å². The lowest BCUT2D eigenvalue weighted by Crippen LogP contribution is -2.41. The van der Waals surface area contributed by atoms with Crippen molar-refractivity contribution in [3.63, 3.8) is 0 Å². The first kappa shape index (κ1) is 14.1. The van der Waals surface area contributed by atoms with Gasteiger partial charge in [0.25, 0.3) is 0 Å². The number of aliphatic hydroxyl groups excluding tert-OH is 1. The molecule has 1 heterocycles. The molecule has 3 atom stereocenters. The Morgan fingerprint density at radius 3 is 2.47 bits per heavy atom. The van der Waals surface area contributed by atoms with Crippen molar-refractivity contribution in [2.75, 3.05) is 0 Å². The van der Waals surface area contributed by atoms with Gasteiger partial charge in [-0.1, -0.05) is 44.2 Å². The van der Waals surface area contributed by atoms with Crippen molar-refractivity contribution >= 4 is 5.97 Å². The predicted octanol–water partition coefficient (Wildman–Crippen LogP) is 2.57. The first-order valence-corrected chi connectivity index (χ1v) is 6.89. The van der Waals surface area contributed by atoms with Gasteiger partial charge in [-0.25, -0.2) is 0 Å². The van der Waals surface area contributed by atoms with Crippen molar-refractivity contribution in [2.45, 2.75) is 45.8 Å². The maximum Gasteiger partial charge on any atom is 0.315 e. The Morgan fingerprint density at radius 2 is 1.95 bits per heavy atom.